The summed E-state index contributed by atoms with van der Waals surface area (Å²) in [5.41, 5.74) is 0. The molecule has 1 saturated heterocycles. The van der Waals surface area contributed by atoms with Crippen molar-refractivity contribution in [3.8, 4) is 0 Å². The average molecular weight is 298 g/mol. The van der Waals surface area contributed by atoms with Crippen LogP contribution >= 0.6 is 0 Å². The fourth-order valence-electron chi connectivity index (χ4n) is 2.89. The number of nitrogens with zero attached hydrogens (tertiary/aromatic N) is 2. The van der Waals surface area contributed by atoms with Crippen LogP contribution in [0.15, 0.2) is 0 Å². The van der Waals surface area contributed by atoms with Gasteiger partial charge in [0.2, 0.25) is 11.8 Å². The zero-order chi connectivity index (χ0) is 16.0. The van der Waals surface area contributed by atoms with E-state index in [0.29, 0.717) is 45.3 Å². The van der Waals surface area contributed by atoms with Crippen LogP contribution < -0.4 is 0 Å². The predicted octanol–water partition coefficient (Wildman–Crippen LogP) is 1.35. The molecule has 2 unspecified atom stereocenters. The Morgan fingerprint density at radius 3 is 2.29 bits per heavy atom. The first-order valence-electron chi connectivity index (χ1n) is 7.72. The molecule has 1 rings (SSSR count). The highest BCUT2D eigenvalue weighted by Crippen LogP contribution is 2.25. The fourth-order valence-corrected chi connectivity index (χ4v) is 2.89. The monoisotopic (exact) mass is 298 g/mol. The second-order valence-electron chi connectivity index (χ2n) is 5.48. The zero-order valence-corrected chi connectivity index (χ0v) is 13.2. The average Bonchev–Trinajstić information content (AvgIpc) is 2.82. The Hall–Kier alpha value is -1.59. The van der Waals surface area contributed by atoms with Gasteiger partial charge in [-0.2, -0.15) is 0 Å². The van der Waals surface area contributed by atoms with E-state index in [0.717, 1.165) is 0 Å². The maximum atomic E-state index is 12.1. The molecule has 1 aliphatic rings. The second-order valence-corrected chi connectivity index (χ2v) is 5.48. The topological polar surface area (TPSA) is 77.9 Å². The molecule has 0 bridgehead atoms. The number of likely N-dealkylation sites (tertiary alicyclic amines) is 1. The summed E-state index contributed by atoms with van der Waals surface area (Å²) in [5.74, 6) is -1.27. The lowest BCUT2D eigenvalue weighted by Gasteiger charge is -2.23. The van der Waals surface area contributed by atoms with Gasteiger partial charge in [0.15, 0.2) is 0 Å². The van der Waals surface area contributed by atoms with Crippen LogP contribution in [0.25, 0.3) is 0 Å². The van der Waals surface area contributed by atoms with Crippen LogP contribution in [0.3, 0.4) is 0 Å². The SMILES string of the molecule is CCN(CC)C(=O)CCCC(=O)N1CCC(C(=O)O)C1C. The minimum atomic E-state index is -0.838. The summed E-state index contributed by atoms with van der Waals surface area (Å²) < 4.78 is 0. The number of carbonyl (C=O) groups is 3. The van der Waals surface area contributed by atoms with Crippen LogP contribution in [0, 0.1) is 5.92 Å². The van der Waals surface area contributed by atoms with Crippen LogP contribution in [0.2, 0.25) is 0 Å². The fraction of sp³-hybridized carbons (Fsp3) is 0.800. The molecule has 0 aliphatic carbocycles. The number of aliphatic carboxylic acids is 1. The Bertz CT molecular complexity index is 393. The van der Waals surface area contributed by atoms with Crippen molar-refractivity contribution in [2.24, 2.45) is 5.92 Å². The molecule has 6 heteroatoms. The highest BCUT2D eigenvalue weighted by molar-refractivity contribution is 5.80. The maximum Gasteiger partial charge on any atom is 0.308 e. The van der Waals surface area contributed by atoms with Gasteiger partial charge in [-0.1, -0.05) is 0 Å². The molecule has 2 atom stereocenters. The van der Waals surface area contributed by atoms with Crippen molar-refractivity contribution in [2.75, 3.05) is 19.6 Å². The Morgan fingerprint density at radius 1 is 1.19 bits per heavy atom. The lowest BCUT2D eigenvalue weighted by molar-refractivity contribution is -0.143. The first-order valence-corrected chi connectivity index (χ1v) is 7.72. The number of carboxylic acids is 1. The number of carboxylic acid groups (broad SMARTS) is 1. The van der Waals surface area contributed by atoms with Gasteiger partial charge in [0.05, 0.1) is 5.92 Å². The van der Waals surface area contributed by atoms with E-state index in [2.05, 4.69) is 0 Å². The third-order valence-electron chi connectivity index (χ3n) is 4.29. The van der Waals surface area contributed by atoms with Gasteiger partial charge in [-0.05, 0) is 33.6 Å². The van der Waals surface area contributed by atoms with Crippen molar-refractivity contribution in [1.82, 2.24) is 9.80 Å². The van der Waals surface area contributed by atoms with Crippen LogP contribution in [0.5, 0.6) is 0 Å². The van der Waals surface area contributed by atoms with Gasteiger partial charge in [0.1, 0.15) is 0 Å². The Kier molecular flexibility index (Phi) is 6.65. The van der Waals surface area contributed by atoms with E-state index in [-0.39, 0.29) is 17.9 Å². The Labute approximate surface area is 126 Å². The predicted molar refractivity (Wildman–Crippen MR) is 78.7 cm³/mol. The summed E-state index contributed by atoms with van der Waals surface area (Å²) in [6, 6.07) is -0.256. The molecule has 6 nitrogen and oxygen atoms in total. The number of hydrogen-bond donors (Lipinski definition) is 1. The Balaban J connectivity index is 2.38. The summed E-state index contributed by atoms with van der Waals surface area (Å²) >= 11 is 0. The number of rotatable bonds is 7. The summed E-state index contributed by atoms with van der Waals surface area (Å²) in [6.07, 6.45) is 1.72. The quantitative estimate of drug-likeness (QED) is 0.769. The van der Waals surface area contributed by atoms with E-state index in [1.165, 1.54) is 0 Å². The van der Waals surface area contributed by atoms with Gasteiger partial charge in [0, 0.05) is 38.5 Å². The van der Waals surface area contributed by atoms with Crippen molar-refractivity contribution < 1.29 is 19.5 Å². The number of carbonyl (C=O) groups excluding carboxylic acids is 2. The number of amides is 2. The minimum Gasteiger partial charge on any atom is -0.481 e. The first kappa shape index (κ1) is 17.5. The summed E-state index contributed by atoms with van der Waals surface area (Å²) in [4.78, 5) is 38.4. The molecular weight excluding hydrogens is 272 g/mol. The third-order valence-corrected chi connectivity index (χ3v) is 4.29. The van der Waals surface area contributed by atoms with E-state index in [1.54, 1.807) is 16.7 Å². The van der Waals surface area contributed by atoms with E-state index in [4.69, 9.17) is 5.11 Å². The smallest absolute Gasteiger partial charge is 0.308 e. The van der Waals surface area contributed by atoms with Gasteiger partial charge < -0.3 is 14.9 Å². The third kappa shape index (κ3) is 4.44. The van der Waals surface area contributed by atoms with Gasteiger partial charge >= 0.3 is 5.97 Å². The van der Waals surface area contributed by atoms with Crippen LogP contribution in [-0.4, -0.2) is 58.4 Å². The van der Waals surface area contributed by atoms with Gasteiger partial charge in [-0.3, -0.25) is 14.4 Å². The molecule has 0 aromatic carbocycles. The molecule has 1 N–H and O–H groups in total. The Morgan fingerprint density at radius 2 is 1.81 bits per heavy atom. The van der Waals surface area contributed by atoms with Crippen molar-refractivity contribution in [2.45, 2.75) is 52.5 Å². The lowest BCUT2D eigenvalue weighted by atomic mass is 10.0. The van der Waals surface area contributed by atoms with Crippen molar-refractivity contribution in [3.05, 3.63) is 0 Å². The highest BCUT2D eigenvalue weighted by Gasteiger charge is 2.37. The molecule has 21 heavy (non-hydrogen) atoms. The van der Waals surface area contributed by atoms with Gasteiger partial charge in [-0.15, -0.1) is 0 Å². The molecule has 0 aromatic rings. The minimum absolute atomic E-state index is 0.0430. The van der Waals surface area contributed by atoms with Gasteiger partial charge in [-0.25, -0.2) is 0 Å². The van der Waals surface area contributed by atoms with Crippen molar-refractivity contribution in [1.29, 1.82) is 0 Å². The molecule has 0 spiro atoms. The first-order chi connectivity index (χ1) is 9.92. The molecule has 120 valence electrons. The highest BCUT2D eigenvalue weighted by atomic mass is 16.4. The maximum absolute atomic E-state index is 12.1. The molecule has 2 amide bonds. The van der Waals surface area contributed by atoms with Crippen LogP contribution in [0.4, 0.5) is 0 Å². The number of hydrogen-bond acceptors (Lipinski definition) is 3. The molecule has 1 heterocycles. The van der Waals surface area contributed by atoms with Crippen LogP contribution in [-0.2, 0) is 14.4 Å². The molecule has 0 aromatic heterocycles. The van der Waals surface area contributed by atoms with Crippen molar-refractivity contribution >= 4 is 17.8 Å². The largest absolute Gasteiger partial charge is 0.481 e. The van der Waals surface area contributed by atoms with E-state index in [9.17, 15) is 14.4 Å². The summed E-state index contributed by atoms with van der Waals surface area (Å²) in [6.45, 7) is 7.53. The molecule has 1 fully saturated rings. The normalized spacial score (nSPS) is 21.4. The zero-order valence-electron chi connectivity index (χ0n) is 13.2. The molecular formula is C15H26N2O4. The molecule has 1 aliphatic heterocycles. The molecule has 0 radical (unpaired) electrons. The summed E-state index contributed by atoms with van der Waals surface area (Å²) in [7, 11) is 0. The second kappa shape index (κ2) is 8.00. The lowest BCUT2D eigenvalue weighted by Crippen LogP contribution is -2.37. The van der Waals surface area contributed by atoms with E-state index < -0.39 is 11.9 Å². The van der Waals surface area contributed by atoms with E-state index in [1.807, 2.05) is 13.8 Å². The van der Waals surface area contributed by atoms with Crippen molar-refractivity contribution in [3.63, 3.8) is 0 Å². The van der Waals surface area contributed by atoms with E-state index >= 15 is 0 Å². The van der Waals surface area contributed by atoms with Gasteiger partial charge in [0.25, 0.3) is 0 Å². The summed E-state index contributed by atoms with van der Waals surface area (Å²) in [5, 5.41) is 9.06. The molecule has 0 saturated carbocycles. The standard InChI is InChI=1S/C15H26N2O4/c1-4-16(5-2)13(18)7-6-8-14(19)17-10-9-12(11(17)3)15(20)21/h11-12H,4-10H2,1-3H3,(H,20,21). The van der Waals surface area contributed by atoms with Crippen LogP contribution in [0.1, 0.15) is 46.5 Å².